The van der Waals surface area contributed by atoms with Crippen LogP contribution >= 0.6 is 0 Å². The molecule has 10 nitrogen and oxygen atoms in total. The first-order valence-corrected chi connectivity index (χ1v) is 6.99. The lowest BCUT2D eigenvalue weighted by Crippen LogP contribution is -2.61. The molecule has 0 saturated carbocycles. The minimum Gasteiger partial charge on any atom is -0.394 e. The van der Waals surface area contributed by atoms with Crippen molar-refractivity contribution in [3.63, 3.8) is 0 Å². The zero-order chi connectivity index (χ0) is 17.3. The van der Waals surface area contributed by atoms with Crippen molar-refractivity contribution in [2.75, 3.05) is 13.2 Å². The van der Waals surface area contributed by atoms with Crippen LogP contribution in [0, 0.1) is 0 Å². The number of aliphatic hydroxyl groups is 7. The van der Waals surface area contributed by atoms with Crippen molar-refractivity contribution in [2.24, 2.45) is 0 Å². The molecule has 7 N–H and O–H groups in total. The monoisotopic (exact) mass is 336 g/mol. The first-order chi connectivity index (χ1) is 10.8. The van der Waals surface area contributed by atoms with Gasteiger partial charge in [-0.05, 0) is 11.6 Å². The lowest BCUT2D eigenvalue weighted by molar-refractivity contribution is -0.315. The molecule has 0 amide bonds. The summed E-state index contributed by atoms with van der Waals surface area (Å²) < 4.78 is 10.4. The van der Waals surface area contributed by atoms with Gasteiger partial charge in [-0.2, -0.15) is 0 Å². The molecule has 0 bridgehead atoms. The zero-order valence-corrected chi connectivity index (χ0v) is 12.0. The van der Waals surface area contributed by atoms with E-state index < -0.39 is 68.0 Å². The molecule has 1 saturated heterocycles. The number of hydrogen-bond donors (Lipinski definition) is 7. The van der Waals surface area contributed by atoms with Gasteiger partial charge in [0.1, 0.15) is 42.7 Å². The molecular weight excluding hydrogens is 316 g/mol. The molecule has 0 aromatic heterocycles. The van der Waals surface area contributed by atoms with Crippen LogP contribution in [0.25, 0.3) is 0 Å². The Labute approximate surface area is 130 Å². The SMILES string of the molecule is O=C1C=C(CO)C(O[C@@H]2OC(CO)[C@H](O)[C@H](O)C2O)C(O)C1O. The van der Waals surface area contributed by atoms with Crippen LogP contribution in [0.1, 0.15) is 0 Å². The number of aliphatic hydroxyl groups excluding tert-OH is 7. The molecule has 1 fully saturated rings. The van der Waals surface area contributed by atoms with E-state index in [0.29, 0.717) is 0 Å². The van der Waals surface area contributed by atoms with Gasteiger partial charge in [0.15, 0.2) is 12.1 Å². The summed E-state index contributed by atoms with van der Waals surface area (Å²) in [4.78, 5) is 11.4. The van der Waals surface area contributed by atoms with Crippen LogP contribution in [0.15, 0.2) is 11.6 Å². The second kappa shape index (κ2) is 7.30. The molecule has 10 heteroatoms. The number of hydrogen-bond acceptors (Lipinski definition) is 10. The number of rotatable bonds is 4. The van der Waals surface area contributed by atoms with Gasteiger partial charge in [0, 0.05) is 0 Å². The van der Waals surface area contributed by atoms with Crippen molar-refractivity contribution >= 4 is 5.78 Å². The molecule has 0 radical (unpaired) electrons. The lowest BCUT2D eigenvalue weighted by Gasteiger charge is -2.42. The van der Waals surface area contributed by atoms with Gasteiger partial charge in [0.2, 0.25) is 0 Å². The third-order valence-electron chi connectivity index (χ3n) is 3.93. The Kier molecular flexibility index (Phi) is 5.84. The van der Waals surface area contributed by atoms with Crippen LogP contribution in [-0.4, -0.2) is 104 Å². The molecule has 23 heavy (non-hydrogen) atoms. The molecule has 2 rings (SSSR count). The number of carbonyl (C=O) groups is 1. The molecule has 132 valence electrons. The average molecular weight is 336 g/mol. The predicted molar refractivity (Wildman–Crippen MR) is 70.8 cm³/mol. The molecule has 1 heterocycles. The predicted octanol–water partition coefficient (Wildman–Crippen LogP) is -4.61. The van der Waals surface area contributed by atoms with Crippen LogP contribution in [0.3, 0.4) is 0 Å². The molecule has 1 aliphatic heterocycles. The second-order valence-corrected chi connectivity index (χ2v) is 5.47. The van der Waals surface area contributed by atoms with Gasteiger partial charge in [-0.15, -0.1) is 0 Å². The summed E-state index contributed by atoms with van der Waals surface area (Å²) in [5.41, 5.74) is -0.0511. The third-order valence-corrected chi connectivity index (χ3v) is 3.93. The van der Waals surface area contributed by atoms with E-state index in [0.717, 1.165) is 6.08 Å². The Morgan fingerprint density at radius 3 is 2.22 bits per heavy atom. The summed E-state index contributed by atoms with van der Waals surface area (Å²) in [7, 11) is 0. The summed E-state index contributed by atoms with van der Waals surface area (Å²) in [5, 5.41) is 67.1. The number of ether oxygens (including phenoxy) is 2. The third kappa shape index (κ3) is 3.45. The Morgan fingerprint density at radius 2 is 1.65 bits per heavy atom. The second-order valence-electron chi connectivity index (χ2n) is 5.47. The number of ketones is 1. The molecule has 0 spiro atoms. The largest absolute Gasteiger partial charge is 0.394 e. The van der Waals surface area contributed by atoms with E-state index in [1.54, 1.807) is 0 Å². The standard InChI is InChI=1S/C13H20O10/c14-2-4-1-5(16)7(17)10(20)12(4)23-13-11(21)9(19)8(18)6(3-15)22-13/h1,6-15,17-21H,2-3H2/t6?,7?,8-,9-,10?,11?,12?,13-/m0/s1. The Balaban J connectivity index is 2.19. The minimum absolute atomic E-state index is 0.0511. The van der Waals surface area contributed by atoms with Gasteiger partial charge < -0.3 is 45.2 Å². The van der Waals surface area contributed by atoms with Crippen molar-refractivity contribution in [1.29, 1.82) is 0 Å². The molecule has 5 unspecified atom stereocenters. The van der Waals surface area contributed by atoms with Crippen molar-refractivity contribution in [1.82, 2.24) is 0 Å². The summed E-state index contributed by atoms with van der Waals surface area (Å²) in [6, 6.07) is 0. The summed E-state index contributed by atoms with van der Waals surface area (Å²) in [6.07, 6.45) is -11.7. The van der Waals surface area contributed by atoms with E-state index in [9.17, 15) is 35.4 Å². The van der Waals surface area contributed by atoms with E-state index in [4.69, 9.17) is 14.6 Å². The van der Waals surface area contributed by atoms with Crippen molar-refractivity contribution in [2.45, 2.75) is 49.0 Å². The van der Waals surface area contributed by atoms with Crippen LogP contribution in [0.2, 0.25) is 0 Å². The maximum absolute atomic E-state index is 11.4. The van der Waals surface area contributed by atoms with E-state index in [1.807, 2.05) is 0 Å². The highest BCUT2D eigenvalue weighted by Gasteiger charge is 2.47. The van der Waals surface area contributed by atoms with Crippen LogP contribution < -0.4 is 0 Å². The molecule has 0 aromatic carbocycles. The van der Waals surface area contributed by atoms with Gasteiger partial charge in [0.25, 0.3) is 0 Å². The maximum atomic E-state index is 11.4. The average Bonchev–Trinajstić information content (AvgIpc) is 2.55. The molecule has 2 aliphatic rings. The topological polar surface area (TPSA) is 177 Å². The summed E-state index contributed by atoms with van der Waals surface area (Å²) in [6.45, 7) is -1.32. The fourth-order valence-electron chi connectivity index (χ4n) is 2.53. The van der Waals surface area contributed by atoms with Gasteiger partial charge in [-0.3, -0.25) is 4.79 Å². The van der Waals surface area contributed by atoms with Crippen LogP contribution in [0.4, 0.5) is 0 Å². The van der Waals surface area contributed by atoms with E-state index in [2.05, 4.69) is 0 Å². The van der Waals surface area contributed by atoms with Crippen molar-refractivity contribution < 1.29 is 50.0 Å². The van der Waals surface area contributed by atoms with Gasteiger partial charge >= 0.3 is 0 Å². The molecule has 8 atom stereocenters. The Bertz CT molecular complexity index is 464. The van der Waals surface area contributed by atoms with Gasteiger partial charge in [-0.25, -0.2) is 0 Å². The lowest BCUT2D eigenvalue weighted by atomic mass is 9.90. The van der Waals surface area contributed by atoms with Crippen LogP contribution in [-0.2, 0) is 14.3 Å². The normalized spacial score (nSPS) is 45.0. The Hall–Kier alpha value is -0.950. The van der Waals surface area contributed by atoms with Crippen LogP contribution in [0.5, 0.6) is 0 Å². The zero-order valence-electron chi connectivity index (χ0n) is 12.0. The first-order valence-electron chi connectivity index (χ1n) is 6.99. The van der Waals surface area contributed by atoms with Crippen molar-refractivity contribution in [3.05, 3.63) is 11.6 Å². The number of carbonyl (C=O) groups excluding carboxylic acids is 1. The van der Waals surface area contributed by atoms with E-state index in [1.165, 1.54) is 0 Å². The molecule has 0 aromatic rings. The van der Waals surface area contributed by atoms with Crippen molar-refractivity contribution in [3.8, 4) is 0 Å². The quantitative estimate of drug-likeness (QED) is 0.264. The highest BCUT2D eigenvalue weighted by atomic mass is 16.7. The highest BCUT2D eigenvalue weighted by Crippen LogP contribution is 2.27. The summed E-state index contributed by atoms with van der Waals surface area (Å²) >= 11 is 0. The highest BCUT2D eigenvalue weighted by molar-refractivity contribution is 5.95. The molecular formula is C13H20O10. The Morgan fingerprint density at radius 1 is 1.00 bits per heavy atom. The van der Waals surface area contributed by atoms with E-state index >= 15 is 0 Å². The first kappa shape index (κ1) is 18.4. The summed E-state index contributed by atoms with van der Waals surface area (Å²) in [5.74, 6) is -0.810. The maximum Gasteiger partial charge on any atom is 0.187 e. The molecule has 1 aliphatic carbocycles. The smallest absolute Gasteiger partial charge is 0.187 e. The van der Waals surface area contributed by atoms with Gasteiger partial charge in [-0.1, -0.05) is 0 Å². The van der Waals surface area contributed by atoms with E-state index in [-0.39, 0.29) is 5.57 Å². The minimum atomic E-state index is -1.78. The fraction of sp³-hybridized carbons (Fsp3) is 0.769. The fourth-order valence-corrected chi connectivity index (χ4v) is 2.53. The van der Waals surface area contributed by atoms with Gasteiger partial charge in [0.05, 0.1) is 13.2 Å².